The van der Waals surface area contributed by atoms with Crippen LogP contribution in [-0.2, 0) is 0 Å². The highest BCUT2D eigenvalue weighted by atomic mass is 16.1. The number of aryl methyl sites for hydroxylation is 2. The minimum absolute atomic E-state index is 0.0959. The van der Waals surface area contributed by atoms with Crippen LogP contribution in [0.4, 0.5) is 34.1 Å². The molecule has 13 rings (SSSR count). The minimum Gasteiger partial charge on any atom is -0.312 e. The van der Waals surface area contributed by atoms with Gasteiger partial charge < -0.3 is 9.80 Å². The van der Waals surface area contributed by atoms with E-state index in [9.17, 15) is 9.59 Å². The number of carbonyl (C=O) groups is 2. The quantitative estimate of drug-likeness (QED) is 0.227. The predicted molar refractivity (Wildman–Crippen MR) is 236 cm³/mol. The zero-order chi connectivity index (χ0) is 37.5. The number of anilines is 6. The van der Waals surface area contributed by atoms with Crippen LogP contribution in [0.5, 0.6) is 0 Å². The Morgan fingerprint density at radius 2 is 0.839 bits per heavy atom. The van der Waals surface area contributed by atoms with Crippen molar-refractivity contribution < 1.29 is 9.59 Å². The van der Waals surface area contributed by atoms with E-state index >= 15 is 0 Å². The summed E-state index contributed by atoms with van der Waals surface area (Å²) in [7, 11) is 0. The van der Waals surface area contributed by atoms with Crippen molar-refractivity contribution in [2.24, 2.45) is 0 Å². The summed E-state index contributed by atoms with van der Waals surface area (Å²) in [4.78, 5) is 33.9. The topological polar surface area (TPSA) is 40.6 Å². The number of carbonyl (C=O) groups excluding carboxylic acids is 2. The molecule has 258 valence electrons. The van der Waals surface area contributed by atoms with Gasteiger partial charge in [0.2, 0.25) is 26.9 Å². The van der Waals surface area contributed by atoms with Crippen molar-refractivity contribution in [1.82, 2.24) is 0 Å². The van der Waals surface area contributed by atoms with Crippen molar-refractivity contribution in [1.29, 1.82) is 0 Å². The van der Waals surface area contributed by atoms with Gasteiger partial charge in [0.15, 0.2) is 11.6 Å². The van der Waals surface area contributed by atoms with Crippen LogP contribution in [-0.4, -0.2) is 38.4 Å². The van der Waals surface area contributed by atoms with E-state index in [1.54, 1.807) is 0 Å². The molecule has 56 heavy (non-hydrogen) atoms. The molecule has 4 nitrogen and oxygen atoms in total. The molecule has 7 aromatic carbocycles. The molecule has 0 radical (unpaired) electrons. The summed E-state index contributed by atoms with van der Waals surface area (Å²) in [5, 5.41) is 0. The Hall–Kier alpha value is -6.26. The van der Waals surface area contributed by atoms with E-state index in [1.165, 1.54) is 55.3 Å². The molecule has 6 heterocycles. The van der Waals surface area contributed by atoms with E-state index in [0.717, 1.165) is 66.9 Å². The zero-order valence-electron chi connectivity index (χ0n) is 31.6. The van der Waals surface area contributed by atoms with Crippen LogP contribution < -0.4 is 64.4 Å². The molecule has 0 atom stereocenters. The van der Waals surface area contributed by atoms with Crippen molar-refractivity contribution in [2.45, 2.75) is 27.5 Å². The summed E-state index contributed by atoms with van der Waals surface area (Å²) < 4.78 is 0. The third kappa shape index (κ3) is 3.54. The van der Waals surface area contributed by atoms with Crippen LogP contribution in [0.25, 0.3) is 0 Å². The average Bonchev–Trinajstić information content (AvgIpc) is 3.22. The molecule has 6 aliphatic heterocycles. The molecule has 8 heteroatoms. The Morgan fingerprint density at radius 3 is 1.30 bits per heavy atom. The number of nitrogens with zero attached hydrogens (tertiary/aromatic N) is 2. The number of hydrogen-bond donors (Lipinski definition) is 0. The lowest BCUT2D eigenvalue weighted by atomic mass is 9.27. The molecule has 0 unspecified atom stereocenters. The van der Waals surface area contributed by atoms with Crippen LogP contribution in [0.3, 0.4) is 0 Å². The van der Waals surface area contributed by atoms with Gasteiger partial charge in [0.25, 0.3) is 0 Å². The van der Waals surface area contributed by atoms with Gasteiger partial charge in [-0.15, -0.1) is 0 Å². The van der Waals surface area contributed by atoms with E-state index < -0.39 is 0 Å². The van der Waals surface area contributed by atoms with Gasteiger partial charge in [-0.1, -0.05) is 161 Å². The van der Waals surface area contributed by atoms with E-state index in [2.05, 4.69) is 134 Å². The smallest absolute Gasteiger partial charge is 0.248 e. The van der Waals surface area contributed by atoms with Crippen LogP contribution in [0, 0.1) is 13.8 Å². The normalized spacial score (nSPS) is 15.4. The standard InChI is InChI=1S/C48H32B4N2O2/c1-25-13-19-39-35(21-25)49(3)33-17-15-29-43-45(33)53(39)41-24-42-38(23-37(41)51(43)31-11-7-5-9-27(31)47(29)55)52-32-12-8-6-10-28(32)48(56)30-16-18-34-46(44(30)52)54(42)40-20-14-26(2)22-36(40)50(34)4/h5-24H,1-4H3. The molecule has 0 N–H and O–H groups in total. The largest absolute Gasteiger partial charge is 0.312 e. The van der Waals surface area contributed by atoms with Gasteiger partial charge in [0.1, 0.15) is 0 Å². The lowest BCUT2D eigenvalue weighted by Gasteiger charge is -2.48. The zero-order valence-corrected chi connectivity index (χ0v) is 31.6. The van der Waals surface area contributed by atoms with Crippen molar-refractivity contribution in [2.75, 3.05) is 9.80 Å². The van der Waals surface area contributed by atoms with Gasteiger partial charge >= 0.3 is 0 Å². The molecular formula is C48H32B4N2O2. The molecule has 0 aromatic heterocycles. The van der Waals surface area contributed by atoms with Crippen molar-refractivity contribution in [3.63, 3.8) is 0 Å². The summed E-state index contributed by atoms with van der Waals surface area (Å²) in [5.74, 6) is 0.192. The first-order chi connectivity index (χ1) is 27.3. The maximum atomic E-state index is 14.5. The number of benzene rings is 7. The SMILES string of the molecule is CB1c2cc(C)ccc2N2c3cc4c(cc3B3c5ccccc5C(=O)c5ccc1c2c53)B1c2ccccc2C(=O)c2ccc3c(c21)N4c1ccc(C)cc1B3C. The monoisotopic (exact) mass is 712 g/mol. The second-order valence-corrected chi connectivity index (χ2v) is 16.8. The maximum Gasteiger partial charge on any atom is 0.248 e. The first kappa shape index (κ1) is 31.0. The van der Waals surface area contributed by atoms with Gasteiger partial charge in [0.05, 0.1) is 0 Å². The van der Waals surface area contributed by atoms with Crippen molar-refractivity contribution >= 4 is 127 Å². The molecule has 7 aromatic rings. The van der Waals surface area contributed by atoms with E-state index in [4.69, 9.17) is 0 Å². The van der Waals surface area contributed by atoms with E-state index in [1.807, 2.05) is 24.3 Å². The highest BCUT2D eigenvalue weighted by Gasteiger charge is 2.51. The Morgan fingerprint density at radius 1 is 0.393 bits per heavy atom. The summed E-state index contributed by atoms with van der Waals surface area (Å²) in [6, 6.07) is 43.8. The third-order valence-electron chi connectivity index (χ3n) is 14.0. The Bertz CT molecular complexity index is 2880. The molecule has 0 saturated carbocycles. The third-order valence-corrected chi connectivity index (χ3v) is 14.0. The van der Waals surface area contributed by atoms with Crippen LogP contribution in [0.2, 0.25) is 13.6 Å². The lowest BCUT2D eigenvalue weighted by Crippen LogP contribution is -2.69. The number of hydrogen-bond acceptors (Lipinski definition) is 4. The molecule has 0 aliphatic carbocycles. The second kappa shape index (κ2) is 10.3. The van der Waals surface area contributed by atoms with Gasteiger partial charge in [-0.3, -0.25) is 9.59 Å². The Balaban J connectivity index is 1.20. The van der Waals surface area contributed by atoms with E-state index in [-0.39, 0.29) is 38.4 Å². The molecule has 0 amide bonds. The predicted octanol–water partition coefficient (Wildman–Crippen LogP) is 3.10. The fraction of sp³-hybridized carbons (Fsp3) is 0.0833. The summed E-state index contributed by atoms with van der Waals surface area (Å²) in [6.45, 7) is 9.04. The average molecular weight is 712 g/mol. The highest BCUT2D eigenvalue weighted by molar-refractivity contribution is 7.04. The molecular weight excluding hydrogens is 680 g/mol. The highest BCUT2D eigenvalue weighted by Crippen LogP contribution is 2.45. The van der Waals surface area contributed by atoms with Crippen LogP contribution in [0.1, 0.15) is 43.0 Å². The number of rotatable bonds is 0. The molecule has 0 spiro atoms. The first-order valence-electron chi connectivity index (χ1n) is 19.9. The second-order valence-electron chi connectivity index (χ2n) is 16.8. The minimum atomic E-state index is -0.131. The maximum absolute atomic E-state index is 14.5. The Kier molecular flexibility index (Phi) is 5.71. The fourth-order valence-electron chi connectivity index (χ4n) is 11.6. The van der Waals surface area contributed by atoms with E-state index in [0.29, 0.717) is 0 Å². The molecule has 6 aliphatic rings. The Labute approximate surface area is 327 Å². The lowest BCUT2D eigenvalue weighted by molar-refractivity contribution is 0.103. The number of fused-ring (bicyclic) bond motifs is 14. The fourth-order valence-corrected chi connectivity index (χ4v) is 11.6. The summed E-state index contributed by atoms with van der Waals surface area (Å²) in [6.07, 6.45) is 0. The van der Waals surface area contributed by atoms with Gasteiger partial charge in [0, 0.05) is 56.4 Å². The van der Waals surface area contributed by atoms with Crippen LogP contribution >= 0.6 is 0 Å². The summed E-state index contributed by atoms with van der Waals surface area (Å²) >= 11 is 0. The number of ketones is 2. The van der Waals surface area contributed by atoms with Gasteiger partial charge in [-0.2, -0.15) is 0 Å². The van der Waals surface area contributed by atoms with Crippen molar-refractivity contribution in [3.8, 4) is 0 Å². The summed E-state index contributed by atoms with van der Waals surface area (Å²) in [5.41, 5.74) is 24.4. The van der Waals surface area contributed by atoms with Gasteiger partial charge in [-0.25, -0.2) is 0 Å². The molecule has 0 fully saturated rings. The first-order valence-corrected chi connectivity index (χ1v) is 19.9. The molecule has 0 bridgehead atoms. The molecule has 0 saturated heterocycles. The van der Waals surface area contributed by atoms with Gasteiger partial charge in [-0.05, 0) is 53.9 Å². The van der Waals surface area contributed by atoms with Crippen LogP contribution in [0.15, 0.2) is 121 Å². The van der Waals surface area contributed by atoms with Crippen molar-refractivity contribution in [3.05, 3.63) is 155 Å².